The van der Waals surface area contributed by atoms with Gasteiger partial charge < -0.3 is 20.9 Å². The minimum atomic E-state index is -1.45. The van der Waals surface area contributed by atoms with Crippen molar-refractivity contribution in [3.05, 3.63) is 58.7 Å². The van der Waals surface area contributed by atoms with Gasteiger partial charge in [-0.15, -0.1) is 12.0 Å². The molecule has 0 aliphatic heterocycles. The first kappa shape index (κ1) is 24.4. The van der Waals surface area contributed by atoms with Gasteiger partial charge in [-0.25, -0.2) is 9.59 Å². The molecule has 0 aliphatic rings. The maximum Gasteiger partial charge on any atom is 0.337 e. The van der Waals surface area contributed by atoms with E-state index < -0.39 is 14.0 Å². The third-order valence-electron chi connectivity index (χ3n) is 3.68. The Labute approximate surface area is 178 Å². The number of nitrogen functional groups attached to an aromatic ring is 2. The minimum Gasteiger partial charge on any atom is -0.465 e. The van der Waals surface area contributed by atoms with Gasteiger partial charge >= 0.3 is 11.9 Å². The van der Waals surface area contributed by atoms with Gasteiger partial charge in [0, 0.05) is 22.5 Å². The van der Waals surface area contributed by atoms with Crippen LogP contribution >= 0.6 is 0 Å². The van der Waals surface area contributed by atoms with Crippen molar-refractivity contribution in [2.75, 3.05) is 25.7 Å². The average Bonchev–Trinajstić information content (AvgIpc) is 2.72. The van der Waals surface area contributed by atoms with Gasteiger partial charge in [0.15, 0.2) is 0 Å². The van der Waals surface area contributed by atoms with Crippen LogP contribution in [0.3, 0.4) is 0 Å². The fraction of sp³-hybridized carbons (Fsp3) is 0.217. The number of methoxy groups -OCH3 is 2. The van der Waals surface area contributed by atoms with E-state index in [1.54, 1.807) is 30.3 Å². The van der Waals surface area contributed by atoms with Crippen LogP contribution in [-0.2, 0) is 9.47 Å². The second-order valence-corrected chi connectivity index (χ2v) is 12.0. The summed E-state index contributed by atoms with van der Waals surface area (Å²) in [4.78, 5) is 22.4. The van der Waals surface area contributed by atoms with Crippen molar-refractivity contribution < 1.29 is 19.1 Å². The molecule has 6 nitrogen and oxygen atoms in total. The average molecular weight is 423 g/mol. The fourth-order valence-corrected chi connectivity index (χ4v) is 2.60. The lowest BCUT2D eigenvalue weighted by Crippen LogP contribution is -2.16. The summed E-state index contributed by atoms with van der Waals surface area (Å²) in [6, 6.07) is 9.68. The molecular weight excluding hydrogens is 396 g/mol. The first-order chi connectivity index (χ1) is 14.0. The SMILES string of the molecule is C#Cc1cc(C(=O)OC)ccc1N.COC(=O)c1ccc(N)c(C#C[Si](C)(C)C)c1. The number of rotatable bonds is 2. The summed E-state index contributed by atoms with van der Waals surface area (Å²) in [6.45, 7) is 6.46. The Morgan fingerprint density at radius 1 is 0.867 bits per heavy atom. The molecule has 0 aliphatic carbocycles. The Kier molecular flexibility index (Phi) is 8.73. The summed E-state index contributed by atoms with van der Waals surface area (Å²) < 4.78 is 9.18. The van der Waals surface area contributed by atoms with Crippen molar-refractivity contribution in [3.8, 4) is 23.8 Å². The first-order valence-corrected chi connectivity index (χ1v) is 12.5. The Bertz CT molecular complexity index is 1040. The summed E-state index contributed by atoms with van der Waals surface area (Å²) in [5, 5.41) is 0. The molecule has 2 aromatic rings. The smallest absolute Gasteiger partial charge is 0.337 e. The molecule has 0 aromatic heterocycles. The van der Waals surface area contributed by atoms with Gasteiger partial charge in [-0.05, 0) is 36.4 Å². The quantitative estimate of drug-likeness (QED) is 0.333. The highest BCUT2D eigenvalue weighted by molar-refractivity contribution is 6.83. The highest BCUT2D eigenvalue weighted by Gasteiger charge is 2.10. The monoisotopic (exact) mass is 422 g/mol. The molecular formula is C23H26N2O4Si. The fourth-order valence-electron chi connectivity index (χ4n) is 2.09. The normalized spacial score (nSPS) is 9.73. The van der Waals surface area contributed by atoms with Gasteiger partial charge in [0.05, 0.1) is 25.3 Å². The van der Waals surface area contributed by atoms with Crippen molar-refractivity contribution in [2.45, 2.75) is 19.6 Å². The number of carbonyl (C=O) groups is 2. The molecule has 0 bridgehead atoms. The van der Waals surface area contributed by atoms with Gasteiger partial charge in [0.25, 0.3) is 0 Å². The van der Waals surface area contributed by atoms with Crippen LogP contribution in [0.4, 0.5) is 11.4 Å². The highest BCUT2D eigenvalue weighted by Crippen LogP contribution is 2.15. The van der Waals surface area contributed by atoms with E-state index in [9.17, 15) is 9.59 Å². The number of nitrogens with two attached hydrogens (primary N) is 2. The number of ether oxygens (including phenoxy) is 2. The van der Waals surface area contributed by atoms with E-state index in [2.05, 4.69) is 46.5 Å². The van der Waals surface area contributed by atoms with E-state index in [4.69, 9.17) is 17.9 Å². The zero-order valence-corrected chi connectivity index (χ0v) is 18.8. The zero-order valence-electron chi connectivity index (χ0n) is 17.8. The molecule has 156 valence electrons. The second kappa shape index (κ2) is 10.8. The number of carbonyl (C=O) groups excluding carboxylic acids is 2. The van der Waals surface area contributed by atoms with Crippen molar-refractivity contribution in [1.82, 2.24) is 0 Å². The highest BCUT2D eigenvalue weighted by atomic mass is 28.3. The van der Waals surface area contributed by atoms with Crippen LogP contribution in [0, 0.1) is 23.8 Å². The van der Waals surface area contributed by atoms with E-state index in [1.807, 2.05) is 0 Å². The second-order valence-electron chi connectivity index (χ2n) is 7.23. The molecule has 7 heteroatoms. The number of hydrogen-bond acceptors (Lipinski definition) is 6. The molecule has 0 saturated heterocycles. The van der Waals surface area contributed by atoms with E-state index in [1.165, 1.54) is 20.3 Å². The number of hydrogen-bond donors (Lipinski definition) is 2. The van der Waals surface area contributed by atoms with Crippen LogP contribution < -0.4 is 11.5 Å². The Morgan fingerprint density at radius 2 is 1.30 bits per heavy atom. The summed E-state index contributed by atoms with van der Waals surface area (Å²) in [5.41, 5.74) is 17.7. The van der Waals surface area contributed by atoms with Gasteiger partial charge in [0.2, 0.25) is 0 Å². The first-order valence-electron chi connectivity index (χ1n) is 8.98. The van der Waals surface area contributed by atoms with E-state index in [-0.39, 0.29) is 5.97 Å². The number of anilines is 2. The van der Waals surface area contributed by atoms with Crippen LogP contribution in [-0.4, -0.2) is 34.2 Å². The lowest BCUT2D eigenvalue weighted by atomic mass is 10.1. The van der Waals surface area contributed by atoms with Gasteiger partial charge in [0.1, 0.15) is 8.07 Å². The predicted molar refractivity (Wildman–Crippen MR) is 123 cm³/mol. The van der Waals surface area contributed by atoms with Crippen LogP contribution in [0.1, 0.15) is 31.8 Å². The lowest BCUT2D eigenvalue weighted by Gasteiger charge is -2.05. The van der Waals surface area contributed by atoms with Crippen molar-refractivity contribution in [1.29, 1.82) is 0 Å². The largest absolute Gasteiger partial charge is 0.465 e. The molecule has 0 spiro atoms. The van der Waals surface area contributed by atoms with Crippen LogP contribution in [0.2, 0.25) is 19.6 Å². The predicted octanol–water partition coefficient (Wildman–Crippen LogP) is 3.32. The zero-order chi connectivity index (χ0) is 22.9. The molecule has 0 heterocycles. The molecule has 2 aromatic carbocycles. The van der Waals surface area contributed by atoms with E-state index in [0.717, 1.165) is 0 Å². The van der Waals surface area contributed by atoms with E-state index in [0.29, 0.717) is 33.6 Å². The maximum absolute atomic E-state index is 11.4. The molecule has 0 atom stereocenters. The maximum atomic E-state index is 11.4. The third-order valence-corrected chi connectivity index (χ3v) is 4.55. The summed E-state index contributed by atoms with van der Waals surface area (Å²) in [7, 11) is 1.22. The van der Waals surface area contributed by atoms with Crippen LogP contribution in [0.5, 0.6) is 0 Å². The molecule has 2 rings (SSSR count). The Morgan fingerprint density at radius 3 is 1.70 bits per heavy atom. The molecule has 4 N–H and O–H groups in total. The minimum absolute atomic E-state index is 0.374. The van der Waals surface area contributed by atoms with Gasteiger partial charge in [-0.1, -0.05) is 31.5 Å². The third kappa shape index (κ3) is 7.38. The topological polar surface area (TPSA) is 105 Å². The number of esters is 2. The van der Waals surface area contributed by atoms with Gasteiger partial charge in [-0.3, -0.25) is 0 Å². The molecule has 0 unspecified atom stereocenters. The summed E-state index contributed by atoms with van der Waals surface area (Å²) >= 11 is 0. The standard InChI is InChI=1S/C13H17NO2Si.C10H9NO2/c1-16-13(15)11-5-6-12(14)10(9-11)7-8-17(2,3)4;1-3-7-6-8(10(12)13-2)4-5-9(7)11/h5-6,9H,14H2,1-4H3;1,4-6H,11H2,2H3. The Balaban J connectivity index is 0.000000311. The van der Waals surface area contributed by atoms with Crippen molar-refractivity contribution in [2.24, 2.45) is 0 Å². The molecule has 0 fully saturated rings. The van der Waals surface area contributed by atoms with Crippen molar-refractivity contribution in [3.63, 3.8) is 0 Å². The molecule has 30 heavy (non-hydrogen) atoms. The summed E-state index contributed by atoms with van der Waals surface area (Å²) in [6.07, 6.45) is 5.18. The van der Waals surface area contributed by atoms with E-state index >= 15 is 0 Å². The Hall–Kier alpha value is -3.68. The van der Waals surface area contributed by atoms with Crippen LogP contribution in [0.15, 0.2) is 36.4 Å². The number of terminal acetylenes is 1. The lowest BCUT2D eigenvalue weighted by molar-refractivity contribution is 0.0592. The molecule has 0 saturated carbocycles. The van der Waals surface area contributed by atoms with Crippen LogP contribution in [0.25, 0.3) is 0 Å². The molecule has 0 radical (unpaired) electrons. The number of benzene rings is 2. The summed E-state index contributed by atoms with van der Waals surface area (Å²) in [5.74, 6) is 4.64. The van der Waals surface area contributed by atoms with Gasteiger partial charge in [-0.2, -0.15) is 0 Å². The van der Waals surface area contributed by atoms with Crippen molar-refractivity contribution >= 4 is 31.4 Å². The molecule has 0 amide bonds.